The molecule has 4 atom stereocenters. The molecule has 0 aromatic heterocycles. The van der Waals surface area contributed by atoms with E-state index in [2.05, 4.69) is 10.6 Å². The van der Waals surface area contributed by atoms with Crippen LogP contribution in [0.2, 0.25) is 0 Å². The molecule has 2 aromatic rings. The fourth-order valence-corrected chi connectivity index (χ4v) is 5.49. The van der Waals surface area contributed by atoms with Gasteiger partial charge in [-0.25, -0.2) is 0 Å². The molecule has 2 aromatic carbocycles. The fourth-order valence-electron chi connectivity index (χ4n) is 5.49. The number of carbonyl (C=O) groups is 4. The molecule has 5 rings (SSSR count). The minimum absolute atomic E-state index is 0.117. The maximum Gasteiger partial charge on any atom is 0.250 e. The van der Waals surface area contributed by atoms with Crippen LogP contribution in [0.15, 0.2) is 42.5 Å². The molecular formula is C24H24N4O4. The maximum absolute atomic E-state index is 13.7. The Morgan fingerprint density at radius 3 is 2.47 bits per heavy atom. The topological polar surface area (TPSA) is 122 Å². The largest absolute Gasteiger partial charge is 0.370 e. The lowest BCUT2D eigenvalue weighted by molar-refractivity contribution is -0.143. The summed E-state index contributed by atoms with van der Waals surface area (Å²) in [6.07, 6.45) is -0.144. The van der Waals surface area contributed by atoms with Crippen LogP contribution in [-0.4, -0.2) is 34.6 Å². The Morgan fingerprint density at radius 1 is 1.06 bits per heavy atom. The van der Waals surface area contributed by atoms with Gasteiger partial charge in [-0.15, -0.1) is 0 Å². The van der Waals surface area contributed by atoms with Crippen molar-refractivity contribution >= 4 is 29.3 Å². The first kappa shape index (κ1) is 20.4. The number of hydrogen-bond acceptors (Lipinski definition) is 5. The third kappa shape index (κ3) is 2.65. The molecule has 3 aliphatic heterocycles. The number of hydrogen-bond donors (Lipinski definition) is 3. The molecule has 164 valence electrons. The number of likely N-dealkylation sites (tertiary alicyclic amines) is 1. The van der Waals surface area contributed by atoms with Gasteiger partial charge in [0, 0.05) is 23.7 Å². The highest BCUT2D eigenvalue weighted by atomic mass is 16.2. The number of rotatable bonds is 4. The Morgan fingerprint density at radius 2 is 1.78 bits per heavy atom. The molecule has 4 N–H and O–H groups in total. The number of anilines is 1. The van der Waals surface area contributed by atoms with E-state index >= 15 is 0 Å². The van der Waals surface area contributed by atoms with Gasteiger partial charge in [-0.05, 0) is 30.5 Å². The van der Waals surface area contributed by atoms with Crippen LogP contribution in [0.4, 0.5) is 5.69 Å². The van der Waals surface area contributed by atoms with E-state index in [4.69, 9.17) is 5.73 Å². The smallest absolute Gasteiger partial charge is 0.250 e. The van der Waals surface area contributed by atoms with Crippen molar-refractivity contribution in [2.45, 2.75) is 38.4 Å². The van der Waals surface area contributed by atoms with Crippen molar-refractivity contribution < 1.29 is 19.2 Å². The molecular weight excluding hydrogens is 408 g/mol. The molecule has 0 saturated carbocycles. The zero-order valence-corrected chi connectivity index (χ0v) is 17.8. The second kappa shape index (κ2) is 7.00. The molecule has 4 amide bonds. The Hall–Kier alpha value is -3.52. The highest BCUT2D eigenvalue weighted by Gasteiger charge is 2.70. The zero-order chi connectivity index (χ0) is 22.8. The van der Waals surface area contributed by atoms with Crippen molar-refractivity contribution in [2.75, 3.05) is 5.32 Å². The molecule has 0 aliphatic carbocycles. The summed E-state index contributed by atoms with van der Waals surface area (Å²) in [5, 5.41) is 6.14. The number of nitrogens with one attached hydrogen (secondary N) is 2. The SMILES string of the molecule is Cc1ccc2c(c1C)NC(=O)[C@@]21N[C@@H](CC(N)=O)[C@H]2C(=O)N(Cc3ccccc3)C(=O)[C@@H]21. The van der Waals surface area contributed by atoms with Crippen molar-refractivity contribution in [3.8, 4) is 0 Å². The van der Waals surface area contributed by atoms with Gasteiger partial charge in [0.2, 0.25) is 23.6 Å². The van der Waals surface area contributed by atoms with Crippen molar-refractivity contribution in [2.24, 2.45) is 17.6 Å². The van der Waals surface area contributed by atoms with E-state index in [9.17, 15) is 19.2 Å². The summed E-state index contributed by atoms with van der Waals surface area (Å²) in [4.78, 5) is 53.6. The lowest BCUT2D eigenvalue weighted by Gasteiger charge is -2.29. The van der Waals surface area contributed by atoms with Crippen molar-refractivity contribution in [3.63, 3.8) is 0 Å². The number of carbonyl (C=O) groups excluding carboxylic acids is 4. The number of nitrogens with two attached hydrogens (primary N) is 1. The number of benzene rings is 2. The van der Waals surface area contributed by atoms with E-state index in [1.165, 1.54) is 4.90 Å². The minimum Gasteiger partial charge on any atom is -0.370 e. The first-order chi connectivity index (χ1) is 15.3. The van der Waals surface area contributed by atoms with Gasteiger partial charge in [-0.3, -0.25) is 29.4 Å². The van der Waals surface area contributed by atoms with Crippen LogP contribution in [0.25, 0.3) is 0 Å². The second-order valence-corrected chi connectivity index (χ2v) is 8.87. The highest BCUT2D eigenvalue weighted by molar-refractivity contribution is 6.15. The third-order valence-corrected chi connectivity index (χ3v) is 7.12. The third-order valence-electron chi connectivity index (χ3n) is 7.12. The van der Waals surface area contributed by atoms with E-state index in [0.717, 1.165) is 16.7 Å². The van der Waals surface area contributed by atoms with Crippen molar-refractivity contribution in [3.05, 3.63) is 64.7 Å². The second-order valence-electron chi connectivity index (χ2n) is 8.87. The standard InChI is InChI=1S/C24H24N4O4/c1-12-8-9-15-20(13(12)2)26-23(32)24(15)19-18(16(27-24)10-17(25)29)21(30)28(22(19)31)11-14-6-4-3-5-7-14/h3-9,16,18-19,27H,10-11H2,1-2H3,(H2,25,29)(H,26,32)/t16-,18+,19+,24+/m0/s1. The van der Waals surface area contributed by atoms with Crippen LogP contribution >= 0.6 is 0 Å². The summed E-state index contributed by atoms with van der Waals surface area (Å²) >= 11 is 0. The number of amides is 4. The predicted molar refractivity (Wildman–Crippen MR) is 116 cm³/mol. The Bertz CT molecular complexity index is 1180. The van der Waals surface area contributed by atoms with Crippen molar-refractivity contribution in [1.29, 1.82) is 0 Å². The molecule has 32 heavy (non-hydrogen) atoms. The molecule has 2 fully saturated rings. The molecule has 8 nitrogen and oxygen atoms in total. The van der Waals surface area contributed by atoms with E-state index in [0.29, 0.717) is 11.3 Å². The van der Waals surface area contributed by atoms with E-state index in [1.54, 1.807) is 0 Å². The lowest BCUT2D eigenvalue weighted by atomic mass is 9.76. The number of primary amides is 1. The summed E-state index contributed by atoms with van der Waals surface area (Å²) in [5.41, 5.74) is 8.05. The van der Waals surface area contributed by atoms with Gasteiger partial charge in [0.1, 0.15) is 5.54 Å². The molecule has 3 aliphatic rings. The zero-order valence-electron chi connectivity index (χ0n) is 17.8. The number of aryl methyl sites for hydroxylation is 1. The first-order valence-corrected chi connectivity index (χ1v) is 10.6. The predicted octanol–water partition coefficient (Wildman–Crippen LogP) is 1.10. The van der Waals surface area contributed by atoms with Gasteiger partial charge in [0.05, 0.1) is 18.4 Å². The Balaban J connectivity index is 1.63. The van der Waals surface area contributed by atoms with Gasteiger partial charge in [-0.1, -0.05) is 42.5 Å². The molecule has 8 heteroatoms. The minimum atomic E-state index is -1.42. The number of imide groups is 1. The summed E-state index contributed by atoms with van der Waals surface area (Å²) in [6, 6.07) is 12.2. The average Bonchev–Trinajstić information content (AvgIpc) is 3.32. The van der Waals surface area contributed by atoms with Crippen LogP contribution < -0.4 is 16.4 Å². The van der Waals surface area contributed by atoms with Gasteiger partial charge >= 0.3 is 0 Å². The van der Waals surface area contributed by atoms with Gasteiger partial charge in [-0.2, -0.15) is 0 Å². The van der Waals surface area contributed by atoms with E-state index in [1.807, 2.05) is 56.3 Å². The molecule has 0 unspecified atom stereocenters. The summed E-state index contributed by atoms with van der Waals surface area (Å²) in [5.74, 6) is -3.58. The molecule has 0 bridgehead atoms. The van der Waals surface area contributed by atoms with Crippen LogP contribution in [-0.2, 0) is 31.3 Å². The van der Waals surface area contributed by atoms with Crippen LogP contribution in [0, 0.1) is 25.7 Å². The lowest BCUT2D eigenvalue weighted by Crippen LogP contribution is -2.53. The van der Waals surface area contributed by atoms with Crippen LogP contribution in [0.5, 0.6) is 0 Å². The monoisotopic (exact) mass is 432 g/mol. The quantitative estimate of drug-likeness (QED) is 0.625. The fraction of sp³-hybridized carbons (Fsp3) is 0.333. The van der Waals surface area contributed by atoms with Crippen molar-refractivity contribution in [1.82, 2.24) is 10.2 Å². The van der Waals surface area contributed by atoms with Gasteiger partial charge in [0.15, 0.2) is 0 Å². The van der Waals surface area contributed by atoms with E-state index < -0.39 is 35.2 Å². The first-order valence-electron chi connectivity index (χ1n) is 10.6. The maximum atomic E-state index is 13.7. The Kier molecular flexibility index (Phi) is 4.46. The van der Waals surface area contributed by atoms with Gasteiger partial charge < -0.3 is 11.1 Å². The normalized spacial score (nSPS) is 28.2. The number of fused-ring (bicyclic) bond motifs is 4. The van der Waals surface area contributed by atoms with Crippen LogP contribution in [0.1, 0.15) is 28.7 Å². The molecule has 1 spiro atoms. The number of nitrogens with zero attached hydrogens (tertiary/aromatic N) is 1. The Labute approximate surface area is 185 Å². The molecule has 3 heterocycles. The summed E-state index contributed by atoms with van der Waals surface area (Å²) in [7, 11) is 0. The van der Waals surface area contributed by atoms with E-state index in [-0.39, 0.29) is 24.8 Å². The summed E-state index contributed by atoms with van der Waals surface area (Å²) < 4.78 is 0. The van der Waals surface area contributed by atoms with Crippen LogP contribution in [0.3, 0.4) is 0 Å². The van der Waals surface area contributed by atoms with Gasteiger partial charge in [0.25, 0.3) is 0 Å². The molecule has 0 radical (unpaired) electrons. The highest BCUT2D eigenvalue weighted by Crippen LogP contribution is 2.54. The molecule has 2 saturated heterocycles. The summed E-state index contributed by atoms with van der Waals surface area (Å²) in [6.45, 7) is 3.97. The average molecular weight is 432 g/mol.